The van der Waals surface area contributed by atoms with E-state index in [9.17, 15) is 0 Å². The Balaban J connectivity index is 1.99. The van der Waals surface area contributed by atoms with Crippen LogP contribution in [0.15, 0.2) is 47.1 Å². The van der Waals surface area contributed by atoms with Crippen molar-refractivity contribution in [3.05, 3.63) is 52.8 Å². The summed E-state index contributed by atoms with van der Waals surface area (Å²) >= 11 is 3.34. The van der Waals surface area contributed by atoms with Crippen LogP contribution in [-0.4, -0.2) is 12.1 Å². The third-order valence-electron chi connectivity index (χ3n) is 2.22. The number of rotatable bonds is 4. The molecule has 0 aliphatic carbocycles. The molecule has 4 heteroatoms. The molecule has 0 bridgehead atoms. The predicted octanol–water partition coefficient (Wildman–Crippen LogP) is 3.43. The maximum Gasteiger partial charge on any atom is 0.130 e. The van der Waals surface area contributed by atoms with Gasteiger partial charge in [0.25, 0.3) is 0 Å². The molecular weight excluding hydrogens is 282 g/mol. The van der Waals surface area contributed by atoms with Gasteiger partial charge in [-0.1, -0.05) is 6.07 Å². The van der Waals surface area contributed by atoms with E-state index < -0.39 is 0 Å². The fourth-order valence-electron chi connectivity index (χ4n) is 1.34. The summed E-state index contributed by atoms with van der Waals surface area (Å²) in [5.41, 5.74) is 0.885. The van der Waals surface area contributed by atoms with Gasteiger partial charge in [0.2, 0.25) is 0 Å². The third kappa shape index (κ3) is 3.46. The normalized spacial score (nSPS) is 10.0. The average molecular weight is 294 g/mol. The number of aromatic nitrogens is 1. The van der Waals surface area contributed by atoms with Crippen molar-refractivity contribution in [2.45, 2.75) is 6.61 Å². The van der Waals surface area contributed by atoms with Crippen LogP contribution >= 0.6 is 15.9 Å². The van der Waals surface area contributed by atoms with Crippen LogP contribution in [0.4, 0.5) is 0 Å². The summed E-state index contributed by atoms with van der Waals surface area (Å²) in [6.45, 7) is 0.445. The first kappa shape index (κ1) is 11.9. The standard InChI is InChI=1S/C13H12BrNO2/c1-16-12-3-2-4-13(7-12)17-9-11-6-5-10(14)8-15-11/h2-8H,9H2,1H3. The quantitative estimate of drug-likeness (QED) is 0.865. The van der Waals surface area contributed by atoms with Gasteiger partial charge in [0.05, 0.1) is 12.8 Å². The molecule has 0 aliphatic heterocycles. The van der Waals surface area contributed by atoms with Gasteiger partial charge in [-0.25, -0.2) is 0 Å². The van der Waals surface area contributed by atoms with Crippen LogP contribution in [0, 0.1) is 0 Å². The van der Waals surface area contributed by atoms with Crippen molar-refractivity contribution >= 4 is 15.9 Å². The van der Waals surface area contributed by atoms with Gasteiger partial charge in [-0.15, -0.1) is 0 Å². The Labute approximate surface area is 109 Å². The summed E-state index contributed by atoms with van der Waals surface area (Å²) in [7, 11) is 1.63. The molecule has 0 amide bonds. The Kier molecular flexibility index (Phi) is 3.98. The fourth-order valence-corrected chi connectivity index (χ4v) is 1.57. The molecule has 88 valence electrons. The second kappa shape index (κ2) is 5.68. The zero-order valence-corrected chi connectivity index (χ0v) is 11.0. The molecule has 0 saturated carbocycles. The first-order chi connectivity index (χ1) is 8.28. The summed E-state index contributed by atoms with van der Waals surface area (Å²) in [5, 5.41) is 0. The predicted molar refractivity (Wildman–Crippen MR) is 69.3 cm³/mol. The third-order valence-corrected chi connectivity index (χ3v) is 2.69. The fraction of sp³-hybridized carbons (Fsp3) is 0.154. The molecule has 2 rings (SSSR count). The molecule has 2 aromatic rings. The van der Waals surface area contributed by atoms with Crippen molar-refractivity contribution in [1.82, 2.24) is 4.98 Å². The van der Waals surface area contributed by atoms with Crippen molar-refractivity contribution in [2.24, 2.45) is 0 Å². The SMILES string of the molecule is COc1cccc(OCc2ccc(Br)cn2)c1. The molecular formula is C13H12BrNO2. The molecule has 1 aromatic carbocycles. The Morgan fingerprint density at radius 1 is 1.18 bits per heavy atom. The lowest BCUT2D eigenvalue weighted by atomic mass is 10.3. The number of halogens is 1. The van der Waals surface area contributed by atoms with Gasteiger partial charge in [0.15, 0.2) is 0 Å². The molecule has 0 unspecified atom stereocenters. The van der Waals surface area contributed by atoms with Crippen LogP contribution in [0.25, 0.3) is 0 Å². The summed E-state index contributed by atoms with van der Waals surface area (Å²) in [6, 6.07) is 11.4. The molecule has 0 spiro atoms. The van der Waals surface area contributed by atoms with Gasteiger partial charge >= 0.3 is 0 Å². The van der Waals surface area contributed by atoms with E-state index in [1.54, 1.807) is 13.3 Å². The van der Waals surface area contributed by atoms with Crippen LogP contribution in [0.5, 0.6) is 11.5 Å². The van der Waals surface area contributed by atoms with Crippen LogP contribution in [0.1, 0.15) is 5.69 Å². The van der Waals surface area contributed by atoms with Crippen LogP contribution < -0.4 is 9.47 Å². The minimum Gasteiger partial charge on any atom is -0.497 e. The minimum absolute atomic E-state index is 0.445. The first-order valence-electron chi connectivity index (χ1n) is 5.15. The summed E-state index contributed by atoms with van der Waals surface area (Å²) < 4.78 is 11.7. The van der Waals surface area contributed by atoms with E-state index in [1.807, 2.05) is 36.4 Å². The smallest absolute Gasteiger partial charge is 0.130 e. The molecule has 1 heterocycles. The topological polar surface area (TPSA) is 31.4 Å². The van der Waals surface area contributed by atoms with Crippen molar-refractivity contribution in [2.75, 3.05) is 7.11 Å². The zero-order valence-electron chi connectivity index (χ0n) is 9.39. The zero-order chi connectivity index (χ0) is 12.1. The largest absolute Gasteiger partial charge is 0.497 e. The van der Waals surface area contributed by atoms with Crippen molar-refractivity contribution in [1.29, 1.82) is 0 Å². The number of ether oxygens (including phenoxy) is 2. The van der Waals surface area contributed by atoms with Gasteiger partial charge in [0, 0.05) is 16.7 Å². The summed E-state index contributed by atoms with van der Waals surface area (Å²) in [5.74, 6) is 1.56. The van der Waals surface area contributed by atoms with Crippen molar-refractivity contribution in [3.63, 3.8) is 0 Å². The van der Waals surface area contributed by atoms with Gasteiger partial charge in [-0.2, -0.15) is 0 Å². The second-order valence-electron chi connectivity index (χ2n) is 3.44. The second-order valence-corrected chi connectivity index (χ2v) is 4.35. The van der Waals surface area contributed by atoms with E-state index >= 15 is 0 Å². The number of nitrogens with zero attached hydrogens (tertiary/aromatic N) is 1. The molecule has 0 saturated heterocycles. The lowest BCUT2D eigenvalue weighted by Crippen LogP contribution is -1.97. The average Bonchev–Trinajstić information content (AvgIpc) is 2.38. The van der Waals surface area contributed by atoms with Gasteiger partial charge in [-0.3, -0.25) is 4.98 Å². The maximum absolute atomic E-state index is 5.62. The van der Waals surface area contributed by atoms with E-state index in [-0.39, 0.29) is 0 Å². The number of pyridine rings is 1. The number of hydrogen-bond donors (Lipinski definition) is 0. The lowest BCUT2D eigenvalue weighted by molar-refractivity contribution is 0.299. The van der Waals surface area contributed by atoms with Crippen LogP contribution in [0.2, 0.25) is 0 Å². The van der Waals surface area contributed by atoms with E-state index in [2.05, 4.69) is 20.9 Å². The monoisotopic (exact) mass is 293 g/mol. The van der Waals surface area contributed by atoms with E-state index in [1.165, 1.54) is 0 Å². The molecule has 0 radical (unpaired) electrons. The summed E-state index contributed by atoms with van der Waals surface area (Å²) in [4.78, 5) is 4.23. The van der Waals surface area contributed by atoms with Crippen molar-refractivity contribution in [3.8, 4) is 11.5 Å². The highest BCUT2D eigenvalue weighted by Crippen LogP contribution is 2.19. The summed E-state index contributed by atoms with van der Waals surface area (Å²) in [6.07, 6.45) is 1.75. The number of hydrogen-bond acceptors (Lipinski definition) is 3. The lowest BCUT2D eigenvalue weighted by Gasteiger charge is -2.07. The number of benzene rings is 1. The molecule has 1 aromatic heterocycles. The molecule has 0 aliphatic rings. The Morgan fingerprint density at radius 3 is 2.71 bits per heavy atom. The van der Waals surface area contributed by atoms with Gasteiger partial charge in [-0.05, 0) is 40.2 Å². The maximum atomic E-state index is 5.62. The highest BCUT2D eigenvalue weighted by atomic mass is 79.9. The van der Waals surface area contributed by atoms with Crippen LogP contribution in [-0.2, 0) is 6.61 Å². The molecule has 3 nitrogen and oxygen atoms in total. The molecule has 0 atom stereocenters. The Bertz CT molecular complexity index is 485. The van der Waals surface area contributed by atoms with E-state index in [4.69, 9.17) is 9.47 Å². The Morgan fingerprint density at radius 2 is 2.00 bits per heavy atom. The van der Waals surface area contributed by atoms with Gasteiger partial charge < -0.3 is 9.47 Å². The molecule has 0 N–H and O–H groups in total. The Hall–Kier alpha value is -1.55. The molecule has 17 heavy (non-hydrogen) atoms. The van der Waals surface area contributed by atoms with Crippen LogP contribution in [0.3, 0.4) is 0 Å². The molecule has 0 fully saturated rings. The highest BCUT2D eigenvalue weighted by molar-refractivity contribution is 9.10. The van der Waals surface area contributed by atoms with Crippen molar-refractivity contribution < 1.29 is 9.47 Å². The highest BCUT2D eigenvalue weighted by Gasteiger charge is 1.99. The number of methoxy groups -OCH3 is 1. The minimum atomic E-state index is 0.445. The first-order valence-corrected chi connectivity index (χ1v) is 5.94. The van der Waals surface area contributed by atoms with Gasteiger partial charge in [0.1, 0.15) is 18.1 Å². The van der Waals surface area contributed by atoms with E-state index in [0.29, 0.717) is 6.61 Å². The van der Waals surface area contributed by atoms with E-state index in [0.717, 1.165) is 21.7 Å².